The fraction of sp³-hybridized carbons (Fsp3) is 0.118. The van der Waals surface area contributed by atoms with Gasteiger partial charge in [0.15, 0.2) is 0 Å². The van der Waals surface area contributed by atoms with Gasteiger partial charge < -0.3 is 11.1 Å². The minimum absolute atomic E-state index is 0.243. The van der Waals surface area contributed by atoms with Gasteiger partial charge in [-0.05, 0) is 35.9 Å². The molecule has 0 bridgehead atoms. The van der Waals surface area contributed by atoms with E-state index in [1.807, 2.05) is 0 Å². The van der Waals surface area contributed by atoms with Crippen LogP contribution in [-0.4, -0.2) is 21.1 Å². The standard InChI is InChI=1S/C17H16FN5O/c18-14-4-2-12(3-5-14)16-13(10-22-23-16)9-20-7-11-1-6-15(17(19)24)21-8-11/h1-6,8,10,20H,7,9H2,(H2,19,24)(H,22,23). The van der Waals surface area contributed by atoms with Crippen molar-refractivity contribution in [1.82, 2.24) is 20.5 Å². The summed E-state index contributed by atoms with van der Waals surface area (Å²) in [5.74, 6) is -0.818. The molecule has 1 amide bonds. The first-order valence-electron chi connectivity index (χ1n) is 7.37. The Kier molecular flexibility index (Phi) is 4.62. The molecule has 0 aliphatic heterocycles. The van der Waals surface area contributed by atoms with Crippen LogP contribution in [0.4, 0.5) is 4.39 Å². The van der Waals surface area contributed by atoms with E-state index in [0.717, 1.165) is 22.4 Å². The van der Waals surface area contributed by atoms with E-state index in [9.17, 15) is 9.18 Å². The fourth-order valence-electron chi connectivity index (χ4n) is 2.33. The highest BCUT2D eigenvalue weighted by Gasteiger charge is 2.08. The van der Waals surface area contributed by atoms with Gasteiger partial charge in [0.2, 0.25) is 0 Å². The monoisotopic (exact) mass is 325 g/mol. The number of nitrogens with two attached hydrogens (primary N) is 1. The SMILES string of the molecule is NC(=O)c1ccc(CNCc2cn[nH]c2-c2ccc(F)cc2)cn1. The molecule has 4 N–H and O–H groups in total. The number of H-pyrrole nitrogens is 1. The van der Waals surface area contributed by atoms with Crippen molar-refractivity contribution in [3.8, 4) is 11.3 Å². The fourth-order valence-corrected chi connectivity index (χ4v) is 2.33. The van der Waals surface area contributed by atoms with Gasteiger partial charge >= 0.3 is 0 Å². The summed E-state index contributed by atoms with van der Waals surface area (Å²) in [6.07, 6.45) is 3.35. The second-order valence-corrected chi connectivity index (χ2v) is 5.30. The molecule has 0 atom stereocenters. The molecule has 1 aromatic carbocycles. The number of benzene rings is 1. The number of pyridine rings is 1. The first-order chi connectivity index (χ1) is 11.6. The van der Waals surface area contributed by atoms with Crippen LogP contribution in [0, 0.1) is 5.82 Å². The number of primary amides is 1. The van der Waals surface area contributed by atoms with Crippen LogP contribution in [0.25, 0.3) is 11.3 Å². The number of hydrogen-bond donors (Lipinski definition) is 3. The smallest absolute Gasteiger partial charge is 0.267 e. The van der Waals surface area contributed by atoms with Crippen LogP contribution in [0.3, 0.4) is 0 Å². The number of amides is 1. The largest absolute Gasteiger partial charge is 0.364 e. The number of aromatic amines is 1. The highest BCUT2D eigenvalue weighted by Crippen LogP contribution is 2.21. The molecule has 2 aromatic heterocycles. The quantitative estimate of drug-likeness (QED) is 0.646. The molecule has 0 saturated carbocycles. The number of carbonyl (C=O) groups is 1. The zero-order valence-corrected chi connectivity index (χ0v) is 12.8. The summed E-state index contributed by atoms with van der Waals surface area (Å²) in [4.78, 5) is 15.0. The minimum Gasteiger partial charge on any atom is -0.364 e. The van der Waals surface area contributed by atoms with Crippen LogP contribution in [0.1, 0.15) is 21.6 Å². The maximum atomic E-state index is 13.0. The summed E-state index contributed by atoms with van der Waals surface area (Å²) in [6.45, 7) is 1.17. The van der Waals surface area contributed by atoms with E-state index >= 15 is 0 Å². The lowest BCUT2D eigenvalue weighted by Crippen LogP contribution is -2.15. The van der Waals surface area contributed by atoms with Crippen LogP contribution in [0.5, 0.6) is 0 Å². The molecule has 3 aromatic rings. The predicted molar refractivity (Wildman–Crippen MR) is 87.3 cm³/mol. The van der Waals surface area contributed by atoms with Gasteiger partial charge in [-0.3, -0.25) is 14.9 Å². The Morgan fingerprint density at radius 3 is 2.58 bits per heavy atom. The molecule has 0 radical (unpaired) electrons. The van der Waals surface area contributed by atoms with Crippen molar-refractivity contribution >= 4 is 5.91 Å². The number of hydrogen-bond acceptors (Lipinski definition) is 4. The lowest BCUT2D eigenvalue weighted by molar-refractivity contribution is 0.0995. The summed E-state index contributed by atoms with van der Waals surface area (Å²) in [6, 6.07) is 9.65. The first kappa shape index (κ1) is 15.8. The van der Waals surface area contributed by atoms with E-state index in [0.29, 0.717) is 13.1 Å². The van der Waals surface area contributed by atoms with E-state index < -0.39 is 5.91 Å². The van der Waals surface area contributed by atoms with E-state index in [-0.39, 0.29) is 11.5 Å². The zero-order valence-electron chi connectivity index (χ0n) is 12.8. The third-order valence-corrected chi connectivity index (χ3v) is 3.57. The molecule has 3 rings (SSSR count). The number of halogens is 1. The molecule has 0 saturated heterocycles. The number of nitrogens with one attached hydrogen (secondary N) is 2. The lowest BCUT2D eigenvalue weighted by Gasteiger charge is -2.06. The Balaban J connectivity index is 1.62. The van der Waals surface area contributed by atoms with Crippen LogP contribution >= 0.6 is 0 Å². The van der Waals surface area contributed by atoms with Crippen LogP contribution in [0.15, 0.2) is 48.8 Å². The van der Waals surface area contributed by atoms with Crippen LogP contribution in [0.2, 0.25) is 0 Å². The molecule has 6 nitrogen and oxygen atoms in total. The number of nitrogens with zero attached hydrogens (tertiary/aromatic N) is 2. The average Bonchev–Trinajstić information content (AvgIpc) is 3.04. The van der Waals surface area contributed by atoms with Gasteiger partial charge in [-0.15, -0.1) is 0 Å². The Bertz CT molecular complexity index is 827. The van der Waals surface area contributed by atoms with Gasteiger partial charge in [0, 0.05) is 30.4 Å². The molecule has 0 aliphatic rings. The van der Waals surface area contributed by atoms with Crippen LogP contribution < -0.4 is 11.1 Å². The molecule has 24 heavy (non-hydrogen) atoms. The number of carbonyl (C=O) groups excluding carboxylic acids is 1. The second-order valence-electron chi connectivity index (χ2n) is 5.30. The maximum absolute atomic E-state index is 13.0. The molecule has 0 spiro atoms. The van der Waals surface area contributed by atoms with Gasteiger partial charge in [0.25, 0.3) is 5.91 Å². The maximum Gasteiger partial charge on any atom is 0.267 e. The summed E-state index contributed by atoms with van der Waals surface area (Å²) in [7, 11) is 0. The van der Waals surface area contributed by atoms with Crippen molar-refractivity contribution in [3.63, 3.8) is 0 Å². The first-order valence-corrected chi connectivity index (χ1v) is 7.37. The minimum atomic E-state index is -0.545. The molecule has 0 aliphatic carbocycles. The highest BCUT2D eigenvalue weighted by molar-refractivity contribution is 5.90. The van der Waals surface area contributed by atoms with E-state index in [1.165, 1.54) is 12.1 Å². The Hall–Kier alpha value is -3.06. The normalized spacial score (nSPS) is 10.7. The molecule has 0 fully saturated rings. The number of aromatic nitrogens is 3. The molecule has 7 heteroatoms. The molecule has 122 valence electrons. The molecule has 0 unspecified atom stereocenters. The van der Waals surface area contributed by atoms with Gasteiger partial charge in [-0.2, -0.15) is 5.10 Å². The second kappa shape index (κ2) is 7.01. The van der Waals surface area contributed by atoms with Crippen molar-refractivity contribution in [3.05, 3.63) is 71.4 Å². The van der Waals surface area contributed by atoms with Crippen molar-refractivity contribution in [2.24, 2.45) is 5.73 Å². The van der Waals surface area contributed by atoms with Gasteiger partial charge in [-0.25, -0.2) is 4.39 Å². The topological polar surface area (TPSA) is 96.7 Å². The van der Waals surface area contributed by atoms with Crippen molar-refractivity contribution in [2.75, 3.05) is 0 Å². The van der Waals surface area contributed by atoms with E-state index in [4.69, 9.17) is 5.73 Å². The third kappa shape index (κ3) is 3.64. The molecular weight excluding hydrogens is 309 g/mol. The Labute approximate surface area is 137 Å². The summed E-state index contributed by atoms with van der Waals surface area (Å²) in [5.41, 5.74) is 9.04. The molecular formula is C17H16FN5O. The number of rotatable bonds is 6. The molecule has 2 heterocycles. The Morgan fingerprint density at radius 2 is 1.92 bits per heavy atom. The van der Waals surface area contributed by atoms with Crippen molar-refractivity contribution in [2.45, 2.75) is 13.1 Å². The zero-order chi connectivity index (χ0) is 16.9. The summed E-state index contributed by atoms with van der Waals surface area (Å²) in [5, 5.41) is 10.3. The Morgan fingerprint density at radius 1 is 1.12 bits per heavy atom. The lowest BCUT2D eigenvalue weighted by atomic mass is 10.1. The predicted octanol–water partition coefficient (Wildman–Crippen LogP) is 2.00. The summed E-state index contributed by atoms with van der Waals surface area (Å²) >= 11 is 0. The van der Waals surface area contributed by atoms with Crippen LogP contribution in [-0.2, 0) is 13.1 Å². The third-order valence-electron chi connectivity index (χ3n) is 3.57. The van der Waals surface area contributed by atoms with E-state index in [2.05, 4.69) is 20.5 Å². The van der Waals surface area contributed by atoms with Crippen molar-refractivity contribution in [1.29, 1.82) is 0 Å². The summed E-state index contributed by atoms with van der Waals surface area (Å²) < 4.78 is 13.0. The van der Waals surface area contributed by atoms with Crippen molar-refractivity contribution < 1.29 is 9.18 Å². The van der Waals surface area contributed by atoms with Gasteiger partial charge in [0.1, 0.15) is 11.5 Å². The van der Waals surface area contributed by atoms with E-state index in [1.54, 1.807) is 36.7 Å². The highest BCUT2D eigenvalue weighted by atomic mass is 19.1. The van der Waals surface area contributed by atoms with Gasteiger partial charge in [0.05, 0.1) is 11.9 Å². The van der Waals surface area contributed by atoms with Gasteiger partial charge in [-0.1, -0.05) is 6.07 Å². The average molecular weight is 325 g/mol.